The van der Waals surface area contributed by atoms with Crippen molar-refractivity contribution >= 4 is 24.6 Å². The summed E-state index contributed by atoms with van der Waals surface area (Å²) in [7, 11) is 1.88. The van der Waals surface area contributed by atoms with Gasteiger partial charge in [0, 0.05) is 0 Å². The van der Waals surface area contributed by atoms with Crippen molar-refractivity contribution in [1.29, 1.82) is 0 Å². The van der Waals surface area contributed by atoms with Gasteiger partial charge in [0.15, 0.2) is 0 Å². The molecule has 0 amide bonds. The molecule has 21 heavy (non-hydrogen) atoms. The van der Waals surface area contributed by atoms with E-state index in [2.05, 4.69) is 11.8 Å². The summed E-state index contributed by atoms with van der Waals surface area (Å²) >= 11 is -1.44. The Hall–Kier alpha value is -0.757. The summed E-state index contributed by atoms with van der Waals surface area (Å²) in [6, 6.07) is 1.80. The molecule has 0 spiro atoms. The number of thiophene rings is 1. The molecule has 0 atom stereocenters. The maximum absolute atomic E-state index is 11.4. The second kappa shape index (κ2) is 7.49. The molecule has 0 radical (unpaired) electrons. The Morgan fingerprint density at radius 1 is 1.52 bits per heavy atom. The molecule has 1 heterocycles. The van der Waals surface area contributed by atoms with Crippen molar-refractivity contribution in [2.24, 2.45) is 5.41 Å². The van der Waals surface area contributed by atoms with Crippen LogP contribution in [0.2, 0.25) is 0 Å². The molecule has 6 heteroatoms. The van der Waals surface area contributed by atoms with Crippen LogP contribution in [0.3, 0.4) is 0 Å². The van der Waals surface area contributed by atoms with E-state index in [1.165, 1.54) is 11.3 Å². The third kappa shape index (κ3) is 5.18. The molecule has 0 saturated heterocycles. The Morgan fingerprint density at radius 3 is 2.57 bits per heavy atom. The Morgan fingerprint density at radius 2 is 2.14 bits per heavy atom. The first-order valence-corrected chi connectivity index (χ1v) is 11.7. The first-order valence-electron chi connectivity index (χ1n) is 6.45. The Kier molecular flexibility index (Phi) is 6.52. The molecule has 0 saturated carbocycles. The van der Waals surface area contributed by atoms with Crippen molar-refractivity contribution in [2.45, 2.75) is 27.7 Å². The Bertz CT molecular complexity index is 592. The van der Waals surface area contributed by atoms with Crippen molar-refractivity contribution in [2.75, 3.05) is 13.6 Å². The topological polar surface area (TPSA) is 57.6 Å². The van der Waals surface area contributed by atoms with Crippen LogP contribution in [-0.2, 0) is 4.79 Å². The number of carboxylic acids is 1. The first kappa shape index (κ1) is 18.3. The molecule has 0 aromatic carbocycles. The SMILES string of the molecule is CCN(C)[At](C=O)c1cc(C#CC(C)(C)C)sc1C(=O)O. The number of carboxylic acid groups (broad SMARTS) is 1. The van der Waals surface area contributed by atoms with Crippen LogP contribution in [-0.4, -0.2) is 31.5 Å². The van der Waals surface area contributed by atoms with Crippen molar-refractivity contribution in [1.82, 2.24) is 2.84 Å². The number of hydrogen-bond acceptors (Lipinski definition) is 4. The standard InChI is InChI=1S/C15H20AtNO3S/c1-6-17(5)16(10-18)12-9-11(7-8-15(2,3)4)21-13(12)14(19)20/h9-10H,6H2,1-5H3,(H,19,20). The van der Waals surface area contributed by atoms with Gasteiger partial charge in [-0.1, -0.05) is 0 Å². The van der Waals surface area contributed by atoms with Gasteiger partial charge < -0.3 is 0 Å². The van der Waals surface area contributed by atoms with E-state index in [1.54, 1.807) is 6.07 Å². The summed E-state index contributed by atoms with van der Waals surface area (Å²) in [4.78, 5) is 23.8. The fourth-order valence-electron chi connectivity index (χ4n) is 1.37. The molecule has 0 aliphatic rings. The van der Waals surface area contributed by atoms with Crippen molar-refractivity contribution in [3.63, 3.8) is 0 Å². The Balaban J connectivity index is 3.30. The summed E-state index contributed by atoms with van der Waals surface area (Å²) in [5.74, 6) is 5.17. The molecule has 0 fully saturated rings. The molecule has 0 aliphatic carbocycles. The summed E-state index contributed by atoms with van der Waals surface area (Å²) in [5.41, 5.74) is -0.140. The first-order chi connectivity index (χ1) is 9.69. The fraction of sp³-hybridized carbons (Fsp3) is 0.467. The van der Waals surface area contributed by atoms with Crippen LogP contribution in [0, 0.1) is 39.3 Å². The molecule has 4 nitrogen and oxygen atoms in total. The number of rotatable bonds is 5. The van der Waals surface area contributed by atoms with Gasteiger partial charge in [0.2, 0.25) is 0 Å². The quantitative estimate of drug-likeness (QED) is 0.494. The van der Waals surface area contributed by atoms with Crippen molar-refractivity contribution in [3.05, 3.63) is 15.8 Å². The number of nitrogens with zero attached hydrogens (tertiary/aromatic N) is 1. The van der Waals surface area contributed by atoms with Crippen LogP contribution in [0.25, 0.3) is 0 Å². The van der Waals surface area contributed by atoms with E-state index in [0.29, 0.717) is 3.27 Å². The second-order valence-electron chi connectivity index (χ2n) is 5.39. The van der Waals surface area contributed by atoms with Gasteiger partial charge in [0.1, 0.15) is 0 Å². The summed E-state index contributed by atoms with van der Waals surface area (Å²) in [6.45, 7) is 8.71. The van der Waals surface area contributed by atoms with Crippen LogP contribution in [0.5, 0.6) is 0 Å². The summed E-state index contributed by atoms with van der Waals surface area (Å²) < 4.78 is 3.66. The normalized spacial score (nSPS) is 11.8. The minimum absolute atomic E-state index is 0.140. The van der Waals surface area contributed by atoms with Gasteiger partial charge in [-0.05, 0) is 0 Å². The van der Waals surface area contributed by atoms with E-state index in [0.717, 1.165) is 15.4 Å². The molecule has 116 valence electrons. The van der Waals surface area contributed by atoms with Gasteiger partial charge in [-0.2, -0.15) is 0 Å². The number of carbonyl (C=O) groups is 2. The molecule has 1 rings (SSSR count). The molecular weight excluding hydrogens is 484 g/mol. The average Bonchev–Trinajstić information content (AvgIpc) is 2.80. The fourth-order valence-corrected chi connectivity index (χ4v) is 8.52. The van der Waals surface area contributed by atoms with E-state index >= 15 is 0 Å². The zero-order valence-electron chi connectivity index (χ0n) is 12.9. The molecule has 0 aliphatic heterocycles. The van der Waals surface area contributed by atoms with Gasteiger partial charge in [0.05, 0.1) is 0 Å². The van der Waals surface area contributed by atoms with E-state index < -0.39 is 28.0 Å². The molecule has 0 bridgehead atoms. The van der Waals surface area contributed by atoms with Crippen LogP contribution < -0.4 is 3.27 Å². The van der Waals surface area contributed by atoms with Gasteiger partial charge in [-0.15, -0.1) is 0 Å². The molecule has 0 unspecified atom stereocenters. The minimum atomic E-state index is -2.61. The van der Waals surface area contributed by atoms with Crippen molar-refractivity contribution < 1.29 is 36.7 Å². The molecule has 1 aromatic heterocycles. The third-order valence-corrected chi connectivity index (χ3v) is 10.8. The van der Waals surface area contributed by atoms with Gasteiger partial charge in [0.25, 0.3) is 0 Å². The van der Waals surface area contributed by atoms with E-state index in [-0.39, 0.29) is 10.3 Å². The van der Waals surface area contributed by atoms with Gasteiger partial charge in [-0.3, -0.25) is 0 Å². The zero-order chi connectivity index (χ0) is 16.2. The van der Waals surface area contributed by atoms with Crippen LogP contribution in [0.1, 0.15) is 42.2 Å². The molecule has 1 aromatic rings. The molecule has 1 N–H and O–H groups in total. The Labute approximate surface area is 138 Å². The third-order valence-electron chi connectivity index (χ3n) is 2.48. The van der Waals surface area contributed by atoms with Crippen LogP contribution in [0.15, 0.2) is 6.07 Å². The number of hydrogen-bond donors (Lipinski definition) is 1. The monoisotopic (exact) mass is 504 g/mol. The van der Waals surface area contributed by atoms with Crippen LogP contribution >= 0.6 is 11.3 Å². The van der Waals surface area contributed by atoms with E-state index in [9.17, 15) is 14.7 Å². The van der Waals surface area contributed by atoms with Gasteiger partial charge in [-0.25, -0.2) is 0 Å². The number of carbonyl (C=O) groups excluding carboxylic acids is 1. The predicted molar refractivity (Wildman–Crippen MR) is 82.3 cm³/mol. The van der Waals surface area contributed by atoms with Gasteiger partial charge >= 0.3 is 139 Å². The zero-order valence-corrected chi connectivity index (χ0v) is 16.6. The maximum atomic E-state index is 11.4. The average molecular weight is 504 g/mol. The van der Waals surface area contributed by atoms with E-state index in [1.807, 2.05) is 37.6 Å². The predicted octanol–water partition coefficient (Wildman–Crippen LogP) is 2.15. The summed E-state index contributed by atoms with van der Waals surface area (Å²) in [5, 5.41) is 9.36. The summed E-state index contributed by atoms with van der Waals surface area (Å²) in [6.07, 6.45) is 0. The number of aromatic carboxylic acids is 1. The molecular formula is C15H20AtNO3S. The van der Waals surface area contributed by atoms with E-state index in [4.69, 9.17) is 0 Å². The van der Waals surface area contributed by atoms with Crippen molar-refractivity contribution in [3.8, 4) is 11.8 Å². The van der Waals surface area contributed by atoms with Crippen LogP contribution in [0.4, 0.5) is 0 Å². The second-order valence-corrected chi connectivity index (χ2v) is 13.2.